The molecular formula is C17H8F3NO2. The van der Waals surface area contributed by atoms with E-state index in [4.69, 9.17) is 0 Å². The second-order valence-electron chi connectivity index (χ2n) is 5.48. The molecule has 0 bridgehead atoms. The van der Waals surface area contributed by atoms with Gasteiger partial charge in [-0.3, -0.25) is 14.6 Å². The van der Waals surface area contributed by atoms with E-state index in [9.17, 15) is 22.8 Å². The van der Waals surface area contributed by atoms with E-state index in [0.29, 0.717) is 5.56 Å². The lowest BCUT2D eigenvalue weighted by Crippen LogP contribution is -2.19. The predicted octanol–water partition coefficient (Wildman–Crippen LogP) is 3.49. The first kappa shape index (κ1) is 13.9. The van der Waals surface area contributed by atoms with Gasteiger partial charge >= 0.3 is 6.18 Å². The molecule has 0 N–H and O–H groups in total. The molecule has 0 unspecified atom stereocenters. The molecule has 1 heterocycles. The average molecular weight is 315 g/mol. The Kier molecular flexibility index (Phi) is 2.64. The number of pyridine rings is 1. The van der Waals surface area contributed by atoms with Crippen molar-refractivity contribution in [3.8, 4) is 0 Å². The Morgan fingerprint density at radius 2 is 1.74 bits per heavy atom. The first-order valence-electron chi connectivity index (χ1n) is 6.85. The Morgan fingerprint density at radius 1 is 0.957 bits per heavy atom. The quantitative estimate of drug-likeness (QED) is 0.747. The fraction of sp³-hybridized carbons (Fsp3) is 0.118. The van der Waals surface area contributed by atoms with Crippen molar-refractivity contribution in [2.45, 2.75) is 12.6 Å². The van der Waals surface area contributed by atoms with Crippen LogP contribution in [0.4, 0.5) is 13.2 Å². The highest BCUT2D eigenvalue weighted by atomic mass is 19.4. The molecule has 1 aromatic heterocycles. The van der Waals surface area contributed by atoms with E-state index in [1.54, 1.807) is 0 Å². The highest BCUT2D eigenvalue weighted by Gasteiger charge is 2.39. The molecule has 2 aliphatic rings. The second kappa shape index (κ2) is 4.38. The minimum Gasteiger partial charge on any atom is -0.289 e. The largest absolute Gasteiger partial charge is 0.416 e. The van der Waals surface area contributed by atoms with E-state index >= 15 is 0 Å². The standard InChI is InChI=1S/C17H8F3NO2/c18-17(19,20)9-2-1-8-5-12-14(11(8)6-9)16(23)13-7-21-4-3-10(13)15(12)22/h1-4,6-7H,5H2. The number of nitrogens with zero attached hydrogens (tertiary/aromatic N) is 1. The molecule has 0 saturated heterocycles. The zero-order chi connectivity index (χ0) is 16.4. The molecule has 2 aliphatic carbocycles. The van der Waals surface area contributed by atoms with Crippen molar-refractivity contribution in [1.29, 1.82) is 0 Å². The van der Waals surface area contributed by atoms with Gasteiger partial charge in [0.2, 0.25) is 0 Å². The summed E-state index contributed by atoms with van der Waals surface area (Å²) < 4.78 is 38.7. The van der Waals surface area contributed by atoms with Crippen molar-refractivity contribution in [2.24, 2.45) is 0 Å². The van der Waals surface area contributed by atoms with Crippen LogP contribution in [0.25, 0.3) is 5.57 Å². The Morgan fingerprint density at radius 3 is 2.48 bits per heavy atom. The van der Waals surface area contributed by atoms with Crippen molar-refractivity contribution < 1.29 is 22.8 Å². The number of aromatic nitrogens is 1. The zero-order valence-electron chi connectivity index (χ0n) is 11.6. The van der Waals surface area contributed by atoms with Crippen LogP contribution in [0.3, 0.4) is 0 Å². The lowest BCUT2D eigenvalue weighted by molar-refractivity contribution is -0.137. The molecule has 0 atom stereocenters. The van der Waals surface area contributed by atoms with Crippen LogP contribution in [0.2, 0.25) is 0 Å². The summed E-state index contributed by atoms with van der Waals surface area (Å²) in [5.41, 5.74) is 0.670. The van der Waals surface area contributed by atoms with E-state index in [2.05, 4.69) is 4.98 Å². The van der Waals surface area contributed by atoms with E-state index in [-0.39, 0.29) is 40.0 Å². The summed E-state index contributed by atoms with van der Waals surface area (Å²) in [4.78, 5) is 29.0. The van der Waals surface area contributed by atoms with Gasteiger partial charge in [0.05, 0.1) is 11.1 Å². The number of rotatable bonds is 0. The van der Waals surface area contributed by atoms with Crippen molar-refractivity contribution in [3.05, 3.63) is 70.0 Å². The van der Waals surface area contributed by atoms with Gasteiger partial charge in [-0.05, 0) is 29.3 Å². The van der Waals surface area contributed by atoms with Crippen molar-refractivity contribution in [2.75, 3.05) is 0 Å². The molecule has 0 amide bonds. The number of carbonyl (C=O) groups excluding carboxylic acids is 2. The maximum atomic E-state index is 12.9. The second-order valence-corrected chi connectivity index (χ2v) is 5.48. The number of hydrogen-bond acceptors (Lipinski definition) is 3. The molecule has 0 radical (unpaired) electrons. The Labute approximate surface area is 128 Å². The molecule has 0 saturated carbocycles. The van der Waals surface area contributed by atoms with Gasteiger partial charge in [0.15, 0.2) is 11.6 Å². The molecule has 114 valence electrons. The average Bonchev–Trinajstić information content (AvgIpc) is 2.91. The van der Waals surface area contributed by atoms with Crippen molar-refractivity contribution >= 4 is 17.1 Å². The molecule has 0 fully saturated rings. The number of halogens is 3. The predicted molar refractivity (Wildman–Crippen MR) is 75.0 cm³/mol. The third kappa shape index (κ3) is 1.87. The first-order chi connectivity index (χ1) is 10.9. The molecule has 23 heavy (non-hydrogen) atoms. The maximum Gasteiger partial charge on any atom is 0.416 e. The monoisotopic (exact) mass is 315 g/mol. The Balaban J connectivity index is 1.93. The van der Waals surface area contributed by atoms with Crippen LogP contribution in [0.1, 0.15) is 37.4 Å². The van der Waals surface area contributed by atoms with Crippen LogP contribution in [0, 0.1) is 0 Å². The van der Waals surface area contributed by atoms with Gasteiger partial charge in [-0.25, -0.2) is 0 Å². The molecule has 0 spiro atoms. The van der Waals surface area contributed by atoms with Gasteiger partial charge in [0, 0.05) is 35.5 Å². The van der Waals surface area contributed by atoms with Gasteiger partial charge in [0.1, 0.15) is 0 Å². The maximum absolute atomic E-state index is 12.9. The molecule has 3 nitrogen and oxygen atoms in total. The van der Waals surface area contributed by atoms with Gasteiger partial charge in [-0.2, -0.15) is 13.2 Å². The summed E-state index contributed by atoms with van der Waals surface area (Å²) in [5.74, 6) is -0.762. The highest BCUT2D eigenvalue weighted by Crippen LogP contribution is 2.42. The van der Waals surface area contributed by atoms with Crippen LogP contribution in [0.5, 0.6) is 0 Å². The number of fused-ring (bicyclic) bond motifs is 3. The van der Waals surface area contributed by atoms with Gasteiger partial charge in [-0.1, -0.05) is 6.07 Å². The van der Waals surface area contributed by atoms with Gasteiger partial charge < -0.3 is 0 Å². The molecule has 6 heteroatoms. The molecule has 0 aliphatic heterocycles. The minimum atomic E-state index is -4.50. The van der Waals surface area contributed by atoms with E-state index in [0.717, 1.165) is 12.1 Å². The third-order valence-corrected chi connectivity index (χ3v) is 4.19. The fourth-order valence-electron chi connectivity index (χ4n) is 3.10. The third-order valence-electron chi connectivity index (χ3n) is 4.19. The topological polar surface area (TPSA) is 47.0 Å². The molecule has 2 aromatic rings. The smallest absolute Gasteiger partial charge is 0.289 e. The number of allylic oxidation sites excluding steroid dienone is 2. The fourth-order valence-corrected chi connectivity index (χ4v) is 3.10. The number of alkyl halides is 3. The van der Waals surface area contributed by atoms with E-state index < -0.39 is 17.5 Å². The number of Topliss-reactive ketones (excluding diaryl/α,β-unsaturated/α-hetero) is 2. The van der Waals surface area contributed by atoms with Gasteiger partial charge in [-0.15, -0.1) is 0 Å². The summed E-state index contributed by atoms with van der Waals surface area (Å²) in [6.07, 6.45) is -1.63. The number of hydrogen-bond donors (Lipinski definition) is 0. The summed E-state index contributed by atoms with van der Waals surface area (Å²) in [6, 6.07) is 4.72. The van der Waals surface area contributed by atoms with Crippen LogP contribution in [0.15, 0.2) is 42.2 Å². The lowest BCUT2D eigenvalue weighted by Gasteiger charge is -2.16. The van der Waals surface area contributed by atoms with Crippen LogP contribution < -0.4 is 0 Å². The number of benzene rings is 1. The highest BCUT2D eigenvalue weighted by molar-refractivity contribution is 6.41. The normalized spacial score (nSPS) is 16.3. The van der Waals surface area contributed by atoms with Gasteiger partial charge in [0.25, 0.3) is 0 Å². The lowest BCUT2D eigenvalue weighted by atomic mass is 9.85. The molecule has 1 aromatic carbocycles. The van der Waals surface area contributed by atoms with Crippen LogP contribution in [-0.4, -0.2) is 16.6 Å². The number of ketones is 2. The van der Waals surface area contributed by atoms with Crippen molar-refractivity contribution in [1.82, 2.24) is 4.98 Å². The van der Waals surface area contributed by atoms with E-state index in [1.807, 2.05) is 0 Å². The Bertz CT molecular complexity index is 926. The first-order valence-corrected chi connectivity index (χ1v) is 6.85. The van der Waals surface area contributed by atoms with Crippen LogP contribution >= 0.6 is 0 Å². The number of carbonyl (C=O) groups is 2. The molecule has 4 rings (SSSR count). The Hall–Kier alpha value is -2.76. The van der Waals surface area contributed by atoms with Crippen LogP contribution in [-0.2, 0) is 12.6 Å². The summed E-state index contributed by atoms with van der Waals surface area (Å²) >= 11 is 0. The molecular weight excluding hydrogens is 307 g/mol. The summed E-state index contributed by atoms with van der Waals surface area (Å²) in [5, 5.41) is 0. The summed E-state index contributed by atoms with van der Waals surface area (Å²) in [7, 11) is 0. The zero-order valence-corrected chi connectivity index (χ0v) is 11.6. The van der Waals surface area contributed by atoms with Crippen molar-refractivity contribution in [3.63, 3.8) is 0 Å². The SMILES string of the molecule is O=C1C2=C(C(=O)c3cnccc31)c1cc(C(F)(F)F)ccc1C2. The summed E-state index contributed by atoms with van der Waals surface area (Å²) in [6.45, 7) is 0. The van der Waals surface area contributed by atoms with E-state index in [1.165, 1.54) is 24.5 Å². The minimum absolute atomic E-state index is 0.0802.